The van der Waals surface area contributed by atoms with E-state index in [1.807, 2.05) is 6.07 Å². The molecule has 3 aromatic rings. The minimum atomic E-state index is -0.515. The third-order valence-electron chi connectivity index (χ3n) is 6.97. The number of aryl methyl sites for hydroxylation is 1. The largest absolute Gasteiger partial charge is 0.397 e. The highest BCUT2D eigenvalue weighted by Gasteiger charge is 2.45. The number of anilines is 3. The molecule has 1 aliphatic heterocycles. The van der Waals surface area contributed by atoms with Crippen LogP contribution in [0.1, 0.15) is 40.9 Å². The number of hydrogen-bond acceptors (Lipinski definition) is 7. The number of carbonyl (C=O) groups excluding carboxylic acids is 1. The summed E-state index contributed by atoms with van der Waals surface area (Å²) in [4.78, 5) is 23.7. The molecule has 5 rings (SSSR count). The van der Waals surface area contributed by atoms with E-state index in [0.29, 0.717) is 34.2 Å². The Hall–Kier alpha value is -3.50. The van der Waals surface area contributed by atoms with E-state index in [9.17, 15) is 9.18 Å². The zero-order chi connectivity index (χ0) is 25.4. The number of pyridine rings is 1. The first-order valence-electron chi connectivity index (χ1n) is 12.1. The molecule has 190 valence electrons. The van der Waals surface area contributed by atoms with Gasteiger partial charge in [-0.15, -0.1) is 0 Å². The van der Waals surface area contributed by atoms with Crippen LogP contribution in [0.5, 0.6) is 0 Å². The minimum absolute atomic E-state index is 0.113. The van der Waals surface area contributed by atoms with Crippen LogP contribution in [0.15, 0.2) is 35.6 Å². The predicted octanol–water partition coefficient (Wildman–Crippen LogP) is 3.01. The van der Waals surface area contributed by atoms with Gasteiger partial charge in [0.2, 0.25) is 0 Å². The van der Waals surface area contributed by atoms with E-state index in [1.165, 1.54) is 6.07 Å². The van der Waals surface area contributed by atoms with Gasteiger partial charge in [-0.25, -0.2) is 9.37 Å². The zero-order valence-electron chi connectivity index (χ0n) is 20.8. The summed E-state index contributed by atoms with van der Waals surface area (Å²) in [7, 11) is 3.42. The molecule has 2 aliphatic rings. The number of hydrogen-bond donors (Lipinski definition) is 3. The predicted molar refractivity (Wildman–Crippen MR) is 140 cm³/mol. The van der Waals surface area contributed by atoms with Crippen molar-refractivity contribution in [2.24, 2.45) is 4.99 Å². The highest BCUT2D eigenvalue weighted by molar-refractivity contribution is 6.11. The lowest BCUT2D eigenvalue weighted by molar-refractivity contribution is 0.102. The Balaban J connectivity index is 1.36. The Bertz CT molecular complexity index is 1330. The van der Waals surface area contributed by atoms with Crippen LogP contribution in [0.2, 0.25) is 0 Å². The normalized spacial score (nSPS) is 18.9. The van der Waals surface area contributed by atoms with Gasteiger partial charge in [-0.3, -0.25) is 9.79 Å². The van der Waals surface area contributed by atoms with Crippen LogP contribution in [0.4, 0.5) is 21.5 Å². The molecule has 0 spiro atoms. The van der Waals surface area contributed by atoms with Crippen molar-refractivity contribution in [1.29, 1.82) is 0 Å². The second-order valence-electron chi connectivity index (χ2n) is 9.78. The van der Waals surface area contributed by atoms with Crippen LogP contribution < -0.4 is 21.3 Å². The summed E-state index contributed by atoms with van der Waals surface area (Å²) in [5.74, 6) is -0.935. The molecule has 36 heavy (non-hydrogen) atoms. The van der Waals surface area contributed by atoms with Crippen molar-refractivity contribution in [3.05, 3.63) is 53.2 Å². The Morgan fingerprint density at radius 3 is 2.92 bits per heavy atom. The molecule has 10 heteroatoms. The molecular weight excluding hydrogens is 461 g/mol. The van der Waals surface area contributed by atoms with Crippen molar-refractivity contribution in [3.8, 4) is 0 Å². The highest BCUT2D eigenvalue weighted by atomic mass is 19.1. The van der Waals surface area contributed by atoms with Crippen LogP contribution in [-0.4, -0.2) is 66.9 Å². The average molecular weight is 494 g/mol. The van der Waals surface area contributed by atoms with Gasteiger partial charge in [0.15, 0.2) is 11.5 Å². The van der Waals surface area contributed by atoms with Gasteiger partial charge in [-0.1, -0.05) is 0 Å². The summed E-state index contributed by atoms with van der Waals surface area (Å²) in [5.41, 5.74) is 10.1. The third-order valence-corrected chi connectivity index (χ3v) is 6.97. The van der Waals surface area contributed by atoms with Gasteiger partial charge in [0.05, 0.1) is 29.2 Å². The molecular formula is C26H32FN7O2. The van der Waals surface area contributed by atoms with E-state index in [-0.39, 0.29) is 11.2 Å². The number of nitrogens with one attached hydrogen (secondary N) is 2. The smallest absolute Gasteiger partial charge is 0.257 e. The number of fused-ring (bicyclic) bond motifs is 1. The number of carbonyl (C=O) groups is 1. The molecule has 4 N–H and O–H groups in total. The highest BCUT2D eigenvalue weighted by Crippen LogP contribution is 2.38. The van der Waals surface area contributed by atoms with E-state index in [1.54, 1.807) is 50.2 Å². The second-order valence-corrected chi connectivity index (χ2v) is 9.78. The summed E-state index contributed by atoms with van der Waals surface area (Å²) in [6, 6.07) is 5.24. The van der Waals surface area contributed by atoms with Gasteiger partial charge in [0, 0.05) is 74.8 Å². The van der Waals surface area contributed by atoms with Crippen LogP contribution >= 0.6 is 0 Å². The van der Waals surface area contributed by atoms with Gasteiger partial charge in [0.25, 0.3) is 5.91 Å². The Labute approximate surface area is 209 Å². The van der Waals surface area contributed by atoms with E-state index in [2.05, 4.69) is 25.5 Å². The maximum absolute atomic E-state index is 14.5. The SMILES string of the molecule is CN=Cc1c(N2CC[C@H](NC3(COC)CC3)C2)ccc(C(=O)Nc2cc(F)c3nc(C)cn3c2)c1N. The van der Waals surface area contributed by atoms with Crippen molar-refractivity contribution < 1.29 is 13.9 Å². The lowest BCUT2D eigenvalue weighted by Crippen LogP contribution is -2.44. The zero-order valence-corrected chi connectivity index (χ0v) is 20.8. The van der Waals surface area contributed by atoms with Crippen LogP contribution in [-0.2, 0) is 4.74 Å². The van der Waals surface area contributed by atoms with Crippen molar-refractivity contribution in [1.82, 2.24) is 14.7 Å². The number of amides is 1. The third kappa shape index (κ3) is 4.66. The van der Waals surface area contributed by atoms with Crippen molar-refractivity contribution in [3.63, 3.8) is 0 Å². The fourth-order valence-electron chi connectivity index (χ4n) is 5.10. The van der Waals surface area contributed by atoms with Gasteiger partial charge in [0.1, 0.15) is 0 Å². The number of nitrogens with zero attached hydrogens (tertiary/aromatic N) is 4. The molecule has 0 unspecified atom stereocenters. The summed E-state index contributed by atoms with van der Waals surface area (Å²) in [5, 5.41) is 6.54. The Morgan fingerprint density at radius 2 is 2.19 bits per heavy atom. The molecule has 0 radical (unpaired) electrons. The van der Waals surface area contributed by atoms with E-state index < -0.39 is 11.7 Å². The van der Waals surface area contributed by atoms with Crippen molar-refractivity contribution >= 4 is 34.8 Å². The molecule has 1 saturated carbocycles. The number of rotatable bonds is 8. The van der Waals surface area contributed by atoms with E-state index >= 15 is 0 Å². The number of aliphatic imine (C=N–C) groups is 1. The van der Waals surface area contributed by atoms with Gasteiger partial charge < -0.3 is 30.4 Å². The fourth-order valence-corrected chi connectivity index (χ4v) is 5.10. The van der Waals surface area contributed by atoms with Gasteiger partial charge >= 0.3 is 0 Å². The molecule has 2 aromatic heterocycles. The first-order valence-corrected chi connectivity index (χ1v) is 12.1. The summed E-state index contributed by atoms with van der Waals surface area (Å²) >= 11 is 0. The van der Waals surface area contributed by atoms with Crippen LogP contribution in [0.3, 0.4) is 0 Å². The van der Waals surface area contributed by atoms with Crippen molar-refractivity contribution in [2.45, 2.75) is 37.8 Å². The summed E-state index contributed by atoms with van der Waals surface area (Å²) in [6.45, 7) is 4.22. The van der Waals surface area contributed by atoms with Crippen LogP contribution in [0.25, 0.3) is 5.65 Å². The first kappa shape index (κ1) is 24.2. The lowest BCUT2D eigenvalue weighted by Gasteiger charge is -2.25. The fraction of sp³-hybridized carbons (Fsp3) is 0.423. The number of ether oxygens (including phenoxy) is 1. The summed E-state index contributed by atoms with van der Waals surface area (Å²) in [6.07, 6.45) is 8.31. The van der Waals surface area contributed by atoms with Crippen LogP contribution in [0, 0.1) is 12.7 Å². The molecule has 1 saturated heterocycles. The van der Waals surface area contributed by atoms with Gasteiger partial charge in [-0.05, 0) is 38.3 Å². The van der Waals surface area contributed by atoms with Gasteiger partial charge in [-0.2, -0.15) is 0 Å². The number of nitrogens with two attached hydrogens (primary N) is 1. The summed E-state index contributed by atoms with van der Waals surface area (Å²) < 4.78 is 21.4. The standard InChI is InChI=1S/C26H32FN7O2/c1-16-12-34-14-18(10-21(27)24(34)30-16)31-25(35)19-4-5-22(20(11-29-2)23(19)28)33-9-6-17(13-33)32-26(7-8-26)15-36-3/h4-5,10-12,14,17,32H,6-9,13,15,28H2,1-3H3,(H,31,35)/t17-/m0/s1. The number of imidazole rings is 1. The molecule has 1 amide bonds. The molecule has 1 aliphatic carbocycles. The Morgan fingerprint density at radius 1 is 1.39 bits per heavy atom. The molecule has 1 aromatic carbocycles. The monoisotopic (exact) mass is 493 g/mol. The molecule has 0 bridgehead atoms. The number of methoxy groups -OCH3 is 1. The topological polar surface area (TPSA) is 109 Å². The maximum Gasteiger partial charge on any atom is 0.257 e. The number of nitrogen functional groups attached to an aromatic ring is 1. The number of benzene rings is 1. The molecule has 9 nitrogen and oxygen atoms in total. The minimum Gasteiger partial charge on any atom is -0.397 e. The molecule has 3 heterocycles. The van der Waals surface area contributed by atoms with E-state index in [4.69, 9.17) is 10.5 Å². The molecule has 2 fully saturated rings. The average Bonchev–Trinajstić information content (AvgIpc) is 3.23. The van der Waals surface area contributed by atoms with E-state index in [0.717, 1.165) is 44.6 Å². The number of aromatic nitrogens is 2. The second kappa shape index (κ2) is 9.51. The maximum atomic E-state index is 14.5. The molecule has 1 atom stereocenters. The first-order chi connectivity index (χ1) is 17.3. The lowest BCUT2D eigenvalue weighted by atomic mass is 10.0. The Kier molecular flexibility index (Phi) is 6.40. The number of halogens is 1. The quantitative estimate of drug-likeness (QED) is 0.329. The van der Waals surface area contributed by atoms with Crippen molar-refractivity contribution in [2.75, 3.05) is 49.8 Å².